The van der Waals surface area contributed by atoms with Gasteiger partial charge < -0.3 is 25.6 Å². The Morgan fingerprint density at radius 1 is 1.13 bits per heavy atom. The lowest BCUT2D eigenvalue weighted by atomic mass is 10.1. The van der Waals surface area contributed by atoms with Crippen molar-refractivity contribution >= 4 is 18.0 Å². The van der Waals surface area contributed by atoms with Crippen LogP contribution in [0.25, 0.3) is 0 Å². The molecule has 2 rings (SSSR count). The number of likely N-dealkylation sites (tertiary alicyclic amines) is 1. The molecule has 1 aliphatic rings. The van der Waals surface area contributed by atoms with Crippen LogP contribution in [0.3, 0.4) is 0 Å². The minimum atomic E-state index is -0.494. The van der Waals surface area contributed by atoms with Gasteiger partial charge in [0.05, 0.1) is 6.54 Å². The number of benzene rings is 1. The van der Waals surface area contributed by atoms with Crippen molar-refractivity contribution < 1.29 is 14.3 Å². The summed E-state index contributed by atoms with van der Waals surface area (Å²) in [5, 5.41) is 9.29. The first-order valence-electron chi connectivity index (χ1n) is 11.1. The third kappa shape index (κ3) is 9.27. The lowest BCUT2D eigenvalue weighted by molar-refractivity contribution is -0.128. The Hall–Kier alpha value is -2.77. The molecule has 0 radical (unpaired) electrons. The molecule has 8 heteroatoms. The fraction of sp³-hybridized carbons (Fsp3) is 0.609. The molecule has 3 N–H and O–H groups in total. The van der Waals surface area contributed by atoms with Crippen LogP contribution in [0.5, 0.6) is 0 Å². The third-order valence-electron chi connectivity index (χ3n) is 4.72. The molecular weight excluding hydrogens is 394 g/mol. The molecule has 1 saturated heterocycles. The van der Waals surface area contributed by atoms with Gasteiger partial charge in [-0.1, -0.05) is 24.3 Å². The van der Waals surface area contributed by atoms with Gasteiger partial charge in [-0.25, -0.2) is 9.79 Å². The van der Waals surface area contributed by atoms with Crippen molar-refractivity contribution in [1.82, 2.24) is 20.9 Å². The minimum Gasteiger partial charge on any atom is -0.444 e. The van der Waals surface area contributed by atoms with Gasteiger partial charge in [0.2, 0.25) is 5.91 Å². The zero-order valence-electron chi connectivity index (χ0n) is 19.3. The van der Waals surface area contributed by atoms with Crippen molar-refractivity contribution in [2.45, 2.75) is 65.6 Å². The van der Waals surface area contributed by atoms with Crippen molar-refractivity contribution in [3.05, 3.63) is 35.4 Å². The van der Waals surface area contributed by atoms with Crippen molar-refractivity contribution in [2.24, 2.45) is 4.99 Å². The van der Waals surface area contributed by atoms with E-state index in [0.717, 1.165) is 43.0 Å². The molecule has 0 aliphatic carbocycles. The quantitative estimate of drug-likeness (QED) is 0.317. The Kier molecular flexibility index (Phi) is 9.62. The zero-order chi connectivity index (χ0) is 22.7. The zero-order valence-corrected chi connectivity index (χ0v) is 19.3. The van der Waals surface area contributed by atoms with E-state index in [-0.39, 0.29) is 5.91 Å². The van der Waals surface area contributed by atoms with E-state index in [4.69, 9.17) is 9.73 Å². The lowest BCUT2D eigenvalue weighted by Gasteiger charge is -2.19. The normalized spacial score (nSPS) is 14.5. The topological polar surface area (TPSA) is 95.1 Å². The van der Waals surface area contributed by atoms with Crippen molar-refractivity contribution in [2.75, 3.05) is 26.2 Å². The maximum atomic E-state index is 12.0. The standard InChI is InChI=1S/C23H37N5O3/c1-5-24-21(25-13-9-14-26-22(30)31-23(2,3)4)27-16-18-10-6-7-11-19(18)17-28-15-8-12-20(28)29/h6-7,10-11H,5,8-9,12-17H2,1-4H3,(H,26,30)(H2,24,25,27). The van der Waals surface area contributed by atoms with Crippen LogP contribution >= 0.6 is 0 Å². The van der Waals surface area contributed by atoms with Crippen LogP contribution in [0.15, 0.2) is 29.3 Å². The second-order valence-corrected chi connectivity index (χ2v) is 8.59. The Labute approximate surface area is 185 Å². The average Bonchev–Trinajstić information content (AvgIpc) is 3.10. The minimum absolute atomic E-state index is 0.230. The predicted molar refractivity (Wildman–Crippen MR) is 123 cm³/mol. The molecule has 1 aliphatic heterocycles. The summed E-state index contributed by atoms with van der Waals surface area (Å²) in [5.41, 5.74) is 1.76. The van der Waals surface area contributed by atoms with Crippen LogP contribution < -0.4 is 16.0 Å². The fourth-order valence-corrected chi connectivity index (χ4v) is 3.25. The summed E-state index contributed by atoms with van der Waals surface area (Å²) in [7, 11) is 0. The summed E-state index contributed by atoms with van der Waals surface area (Å²) in [6.45, 7) is 11.5. The maximum Gasteiger partial charge on any atom is 0.407 e. The van der Waals surface area contributed by atoms with Gasteiger partial charge in [0, 0.05) is 39.1 Å². The molecule has 172 valence electrons. The van der Waals surface area contributed by atoms with Crippen molar-refractivity contribution in [1.29, 1.82) is 0 Å². The Bertz CT molecular complexity index is 758. The van der Waals surface area contributed by atoms with Crippen LogP contribution in [-0.2, 0) is 22.6 Å². The van der Waals surface area contributed by atoms with Gasteiger partial charge in [-0.05, 0) is 51.7 Å². The number of guanidine groups is 1. The lowest BCUT2D eigenvalue weighted by Crippen LogP contribution is -2.39. The van der Waals surface area contributed by atoms with Gasteiger partial charge in [0.15, 0.2) is 5.96 Å². The molecule has 8 nitrogen and oxygen atoms in total. The number of amides is 2. The highest BCUT2D eigenvalue weighted by Crippen LogP contribution is 2.17. The number of rotatable bonds is 9. The largest absolute Gasteiger partial charge is 0.444 e. The summed E-state index contributed by atoms with van der Waals surface area (Å²) in [4.78, 5) is 30.3. The van der Waals surface area contributed by atoms with Crippen LogP contribution in [0.4, 0.5) is 4.79 Å². The number of aliphatic imine (C=N–C) groups is 1. The Morgan fingerprint density at radius 2 is 1.84 bits per heavy atom. The summed E-state index contributed by atoms with van der Waals surface area (Å²) in [6.07, 6.45) is 1.94. The van der Waals surface area contributed by atoms with Gasteiger partial charge in [-0.15, -0.1) is 0 Å². The highest BCUT2D eigenvalue weighted by molar-refractivity contribution is 5.80. The van der Waals surface area contributed by atoms with E-state index in [1.165, 1.54) is 0 Å². The number of hydrogen-bond acceptors (Lipinski definition) is 4. The van der Waals surface area contributed by atoms with Gasteiger partial charge in [-0.3, -0.25) is 4.79 Å². The smallest absolute Gasteiger partial charge is 0.407 e. The molecule has 0 aromatic heterocycles. The van der Waals surface area contributed by atoms with E-state index in [1.54, 1.807) is 0 Å². The SMILES string of the molecule is CCNC(=NCc1ccccc1CN1CCCC1=O)NCCCNC(=O)OC(C)(C)C. The first kappa shape index (κ1) is 24.5. The van der Waals surface area contributed by atoms with Gasteiger partial charge in [0.25, 0.3) is 0 Å². The number of nitrogens with zero attached hydrogens (tertiary/aromatic N) is 2. The van der Waals surface area contributed by atoms with E-state index < -0.39 is 11.7 Å². The second-order valence-electron chi connectivity index (χ2n) is 8.59. The van der Waals surface area contributed by atoms with Crippen molar-refractivity contribution in [3.8, 4) is 0 Å². The van der Waals surface area contributed by atoms with E-state index in [9.17, 15) is 9.59 Å². The summed E-state index contributed by atoms with van der Waals surface area (Å²) >= 11 is 0. The van der Waals surface area contributed by atoms with Gasteiger partial charge in [-0.2, -0.15) is 0 Å². The number of ether oxygens (including phenoxy) is 1. The molecule has 0 saturated carbocycles. The number of carbonyl (C=O) groups excluding carboxylic acids is 2. The molecule has 1 heterocycles. The summed E-state index contributed by atoms with van der Waals surface area (Å²) in [5.74, 6) is 0.958. The average molecular weight is 432 g/mol. The highest BCUT2D eigenvalue weighted by atomic mass is 16.6. The molecule has 1 fully saturated rings. The highest BCUT2D eigenvalue weighted by Gasteiger charge is 2.20. The first-order valence-corrected chi connectivity index (χ1v) is 11.1. The molecule has 0 unspecified atom stereocenters. The van der Waals surface area contributed by atoms with Gasteiger partial charge >= 0.3 is 6.09 Å². The van der Waals surface area contributed by atoms with Crippen LogP contribution in [0.1, 0.15) is 58.1 Å². The fourth-order valence-electron chi connectivity index (χ4n) is 3.25. The summed E-state index contributed by atoms with van der Waals surface area (Å²) < 4.78 is 5.23. The second kappa shape index (κ2) is 12.2. The maximum absolute atomic E-state index is 12.0. The molecule has 1 aromatic carbocycles. The Morgan fingerprint density at radius 3 is 2.48 bits per heavy atom. The van der Waals surface area contributed by atoms with Crippen LogP contribution in [0.2, 0.25) is 0 Å². The number of nitrogens with one attached hydrogen (secondary N) is 3. The molecule has 0 atom stereocenters. The Balaban J connectivity index is 1.83. The van der Waals surface area contributed by atoms with Crippen LogP contribution in [0, 0.1) is 0 Å². The van der Waals surface area contributed by atoms with E-state index >= 15 is 0 Å². The molecule has 1 aromatic rings. The molecule has 31 heavy (non-hydrogen) atoms. The monoisotopic (exact) mass is 431 g/mol. The summed E-state index contributed by atoms with van der Waals surface area (Å²) in [6, 6.07) is 8.14. The van der Waals surface area contributed by atoms with E-state index in [2.05, 4.69) is 28.1 Å². The van der Waals surface area contributed by atoms with Crippen molar-refractivity contribution in [3.63, 3.8) is 0 Å². The molecule has 0 bridgehead atoms. The molecular formula is C23H37N5O3. The van der Waals surface area contributed by atoms with E-state index in [0.29, 0.717) is 32.6 Å². The molecule has 0 spiro atoms. The number of alkyl carbamates (subject to hydrolysis) is 1. The van der Waals surface area contributed by atoms with Gasteiger partial charge in [0.1, 0.15) is 5.60 Å². The third-order valence-corrected chi connectivity index (χ3v) is 4.72. The molecule has 2 amide bonds. The van der Waals surface area contributed by atoms with Crippen LogP contribution in [-0.4, -0.2) is 54.6 Å². The first-order chi connectivity index (χ1) is 14.8. The van der Waals surface area contributed by atoms with E-state index in [1.807, 2.05) is 44.7 Å². The number of hydrogen-bond donors (Lipinski definition) is 3. The number of carbonyl (C=O) groups is 2. The predicted octanol–water partition coefficient (Wildman–Crippen LogP) is 2.78.